The Kier molecular flexibility index (Phi) is 15.3. The number of hydrogen-bond acceptors (Lipinski definition) is 8. The Balaban J connectivity index is 1.32. The fourth-order valence-electron chi connectivity index (χ4n) is 7.82. The van der Waals surface area contributed by atoms with Gasteiger partial charge in [-0.25, -0.2) is 4.79 Å². The Labute approximate surface area is 330 Å². The highest BCUT2D eigenvalue weighted by Crippen LogP contribution is 2.25. The van der Waals surface area contributed by atoms with Gasteiger partial charge in [0.1, 0.15) is 37.4 Å². The number of ether oxygens (including phenoxy) is 2. The van der Waals surface area contributed by atoms with Crippen LogP contribution in [-0.2, 0) is 39.9 Å². The first kappa shape index (κ1) is 42.2. The molecule has 2 aromatic carbocycles. The molecule has 0 spiro atoms. The van der Waals surface area contributed by atoms with E-state index in [1.54, 1.807) is 22.9 Å². The van der Waals surface area contributed by atoms with Gasteiger partial charge in [-0.1, -0.05) is 88.6 Å². The third-order valence-corrected chi connectivity index (χ3v) is 11.3. The Morgan fingerprint density at radius 3 is 2.27 bits per heavy atom. The molecule has 56 heavy (non-hydrogen) atoms. The molecule has 0 aliphatic carbocycles. The summed E-state index contributed by atoms with van der Waals surface area (Å²) in [5.74, 6) is -2.21. The Bertz CT molecular complexity index is 1800. The highest BCUT2D eigenvalue weighted by Gasteiger charge is 2.41. The summed E-state index contributed by atoms with van der Waals surface area (Å²) in [6, 6.07) is 13.3. The molecule has 13 nitrogen and oxygen atoms in total. The first-order valence-corrected chi connectivity index (χ1v) is 20.2. The number of unbranched alkanes of at least 4 members (excludes halogenated alkanes) is 2. The summed E-state index contributed by atoms with van der Waals surface area (Å²) in [5, 5.41) is 9.84. The van der Waals surface area contributed by atoms with Crippen molar-refractivity contribution in [3.8, 4) is 0 Å². The Hall–Kier alpha value is -4.91. The molecule has 2 saturated heterocycles. The van der Waals surface area contributed by atoms with Crippen LogP contribution in [0, 0.1) is 5.92 Å². The molecule has 1 aromatic heterocycles. The van der Waals surface area contributed by atoms with E-state index in [4.69, 9.17) is 14.3 Å². The number of para-hydroxylation sites is 1. The van der Waals surface area contributed by atoms with Crippen LogP contribution in [0.3, 0.4) is 0 Å². The maximum Gasteiger partial charge on any atom is 0.340 e. The molecule has 304 valence electrons. The van der Waals surface area contributed by atoms with Crippen molar-refractivity contribution in [2.75, 3.05) is 20.8 Å². The molecule has 3 aromatic rings. The Morgan fingerprint density at radius 1 is 0.839 bits per heavy atom. The fourth-order valence-corrected chi connectivity index (χ4v) is 7.82. The van der Waals surface area contributed by atoms with Gasteiger partial charge in [0.05, 0.1) is 5.52 Å². The number of piperidine rings is 1. The minimum Gasteiger partial charge on any atom is -0.460 e. The average Bonchev–Trinajstić information content (AvgIpc) is 3.58. The second-order valence-corrected chi connectivity index (χ2v) is 15.1. The van der Waals surface area contributed by atoms with E-state index in [1.807, 2.05) is 75.4 Å². The van der Waals surface area contributed by atoms with Crippen molar-refractivity contribution in [2.45, 2.75) is 128 Å². The van der Waals surface area contributed by atoms with Crippen molar-refractivity contribution < 1.29 is 38.3 Å². The fraction of sp³-hybridized carbons (Fsp3) is 0.558. The highest BCUT2D eigenvalue weighted by molar-refractivity contribution is 5.98. The van der Waals surface area contributed by atoms with Crippen LogP contribution in [0.25, 0.3) is 10.9 Å². The van der Waals surface area contributed by atoms with Crippen molar-refractivity contribution in [2.24, 2.45) is 5.92 Å². The third-order valence-electron chi connectivity index (χ3n) is 11.3. The van der Waals surface area contributed by atoms with E-state index < -0.39 is 48.1 Å². The lowest BCUT2D eigenvalue weighted by Crippen LogP contribution is -2.64. The molecule has 5 rings (SSSR count). The van der Waals surface area contributed by atoms with Gasteiger partial charge in [-0.2, -0.15) is 4.73 Å². The van der Waals surface area contributed by atoms with Crippen LogP contribution in [-0.4, -0.2) is 90.3 Å². The molecule has 7 atom stereocenters. The van der Waals surface area contributed by atoms with Crippen LogP contribution < -0.4 is 20.8 Å². The average molecular weight is 774 g/mol. The SMILES string of the molecule is CCC(C)[C@@H]1NC(=O)[C@H](Cc2cn(OC)c3ccccc23)NC(=O)[C@H](CCCCC[C@@H](CC)OC(=O)[C@H](OC)c2ccccc2)NC(=O)[C@H]2CCCCN2C1=O. The highest BCUT2D eigenvalue weighted by atomic mass is 16.6. The second-order valence-electron chi connectivity index (χ2n) is 15.1. The zero-order valence-corrected chi connectivity index (χ0v) is 33.5. The smallest absolute Gasteiger partial charge is 0.340 e. The number of esters is 1. The standard InChI is InChI=1S/C43H59N5O8/c1-6-28(3)37-42(52)47-25-17-16-24-36(47)41(51)44-33(22-13-9-12-20-31(7-2)56-43(53)38(54-4)29-18-10-8-11-19-29)39(49)45-34(40(50)46-37)26-30-27-48(55-5)35-23-15-14-21-32(30)35/h8,10-11,14-15,18-19,21,23,27-28,31,33-34,36-38H,6-7,9,12-13,16-17,20,22,24-26H2,1-5H3,(H,44,51)(H,45,49)(H,46,50)/t28?,31-,33+,34+,36-,37+,38-/m1/s1. The predicted octanol–water partition coefficient (Wildman–Crippen LogP) is 4.80. The topological polar surface area (TPSA) is 157 Å². The van der Waals surface area contributed by atoms with Crippen LogP contribution in [0.4, 0.5) is 0 Å². The first-order valence-electron chi connectivity index (χ1n) is 20.2. The lowest BCUT2D eigenvalue weighted by atomic mass is 9.93. The summed E-state index contributed by atoms with van der Waals surface area (Å²) in [5.41, 5.74) is 2.32. The number of methoxy groups -OCH3 is 1. The monoisotopic (exact) mass is 773 g/mol. The minimum atomic E-state index is -1.04. The van der Waals surface area contributed by atoms with Gasteiger partial charge in [0.15, 0.2) is 6.10 Å². The summed E-state index contributed by atoms with van der Waals surface area (Å²) < 4.78 is 12.9. The summed E-state index contributed by atoms with van der Waals surface area (Å²) in [7, 11) is 3.04. The van der Waals surface area contributed by atoms with Crippen LogP contribution in [0.15, 0.2) is 60.8 Å². The van der Waals surface area contributed by atoms with Gasteiger partial charge in [-0.15, -0.1) is 0 Å². The quantitative estimate of drug-likeness (QED) is 0.139. The molecule has 4 amide bonds. The van der Waals surface area contributed by atoms with Crippen molar-refractivity contribution in [1.82, 2.24) is 25.6 Å². The van der Waals surface area contributed by atoms with Gasteiger partial charge in [0, 0.05) is 31.7 Å². The summed E-state index contributed by atoms with van der Waals surface area (Å²) in [4.78, 5) is 76.8. The number of amides is 4. The molecular formula is C43H59N5O8. The van der Waals surface area contributed by atoms with Crippen LogP contribution in [0.5, 0.6) is 0 Å². The van der Waals surface area contributed by atoms with Crippen molar-refractivity contribution in [3.05, 3.63) is 71.9 Å². The van der Waals surface area contributed by atoms with E-state index in [0.29, 0.717) is 51.5 Å². The molecular weight excluding hydrogens is 714 g/mol. The molecule has 2 aliphatic heterocycles. The van der Waals surface area contributed by atoms with E-state index in [2.05, 4.69) is 16.0 Å². The number of nitrogens with zero attached hydrogens (tertiary/aromatic N) is 2. The number of carbonyl (C=O) groups is 5. The maximum absolute atomic E-state index is 14.2. The normalized spacial score (nSPS) is 22.4. The number of aromatic nitrogens is 1. The van der Waals surface area contributed by atoms with Gasteiger partial charge in [-0.05, 0) is 68.1 Å². The molecule has 3 N–H and O–H groups in total. The van der Waals surface area contributed by atoms with Gasteiger partial charge < -0.3 is 35.2 Å². The molecule has 2 fully saturated rings. The van der Waals surface area contributed by atoms with Crippen LogP contribution in [0.2, 0.25) is 0 Å². The van der Waals surface area contributed by atoms with Gasteiger partial charge in [-0.3, -0.25) is 19.2 Å². The lowest BCUT2D eigenvalue weighted by molar-refractivity contribution is -0.162. The maximum atomic E-state index is 14.2. The summed E-state index contributed by atoms with van der Waals surface area (Å²) in [6.07, 6.45) is 7.07. The van der Waals surface area contributed by atoms with Gasteiger partial charge in [0.25, 0.3) is 0 Å². The minimum absolute atomic E-state index is 0.133. The van der Waals surface area contributed by atoms with Crippen molar-refractivity contribution in [3.63, 3.8) is 0 Å². The molecule has 13 heteroatoms. The molecule has 0 saturated carbocycles. The zero-order chi connectivity index (χ0) is 40.2. The summed E-state index contributed by atoms with van der Waals surface area (Å²) in [6.45, 7) is 6.24. The second kappa shape index (κ2) is 20.3. The van der Waals surface area contributed by atoms with Crippen molar-refractivity contribution >= 4 is 40.5 Å². The molecule has 0 bridgehead atoms. The van der Waals surface area contributed by atoms with Gasteiger partial charge in [0.2, 0.25) is 23.6 Å². The van der Waals surface area contributed by atoms with E-state index in [9.17, 15) is 24.0 Å². The first-order chi connectivity index (χ1) is 27.1. The molecule has 1 unspecified atom stereocenters. The van der Waals surface area contributed by atoms with E-state index in [-0.39, 0.29) is 30.3 Å². The number of hydrogen-bond donors (Lipinski definition) is 3. The zero-order valence-electron chi connectivity index (χ0n) is 33.5. The number of carbonyl (C=O) groups excluding carboxylic acids is 5. The molecule has 2 aliphatic rings. The number of nitrogens with one attached hydrogen (secondary N) is 3. The molecule has 3 heterocycles. The summed E-state index contributed by atoms with van der Waals surface area (Å²) >= 11 is 0. The van der Waals surface area contributed by atoms with E-state index in [1.165, 1.54) is 7.11 Å². The van der Waals surface area contributed by atoms with E-state index in [0.717, 1.165) is 41.3 Å². The van der Waals surface area contributed by atoms with Gasteiger partial charge >= 0.3 is 5.97 Å². The van der Waals surface area contributed by atoms with Crippen LogP contribution in [0.1, 0.15) is 102 Å². The Morgan fingerprint density at radius 2 is 1.55 bits per heavy atom. The number of benzene rings is 2. The van der Waals surface area contributed by atoms with Crippen LogP contribution >= 0.6 is 0 Å². The third kappa shape index (κ3) is 10.3. The largest absolute Gasteiger partial charge is 0.460 e. The lowest BCUT2D eigenvalue weighted by Gasteiger charge is -2.39. The van der Waals surface area contributed by atoms with Crippen molar-refractivity contribution in [1.29, 1.82) is 0 Å². The van der Waals surface area contributed by atoms with E-state index >= 15 is 0 Å². The predicted molar refractivity (Wildman–Crippen MR) is 212 cm³/mol. The molecule has 0 radical (unpaired) electrons. The number of rotatable bonds is 16. The number of fused-ring (bicyclic) bond motifs is 2.